The number of aryl methyl sites for hydroxylation is 1. The van der Waals surface area contributed by atoms with Gasteiger partial charge in [0.1, 0.15) is 6.04 Å². The second kappa shape index (κ2) is 8.05. The summed E-state index contributed by atoms with van der Waals surface area (Å²) in [4.78, 5) is 13.5. The quantitative estimate of drug-likeness (QED) is 0.692. The van der Waals surface area contributed by atoms with Gasteiger partial charge in [-0.15, -0.1) is 0 Å². The highest BCUT2D eigenvalue weighted by Crippen LogP contribution is 2.30. The fourth-order valence-corrected chi connectivity index (χ4v) is 5.39. The number of carbonyl (C=O) groups excluding carboxylic acids is 1. The van der Waals surface area contributed by atoms with Crippen LogP contribution < -0.4 is 5.32 Å². The van der Waals surface area contributed by atoms with Gasteiger partial charge in [-0.2, -0.15) is 4.31 Å². The van der Waals surface area contributed by atoms with E-state index in [-0.39, 0.29) is 17.3 Å². The van der Waals surface area contributed by atoms with E-state index in [2.05, 4.69) is 5.32 Å². The Labute approximate surface area is 177 Å². The summed E-state index contributed by atoms with van der Waals surface area (Å²) in [7, 11) is -3.84. The van der Waals surface area contributed by atoms with Gasteiger partial charge >= 0.3 is 0 Å². The Balaban J connectivity index is 1.73. The third-order valence-electron chi connectivity index (χ3n) is 5.72. The number of anilines is 1. The molecule has 1 aliphatic rings. The van der Waals surface area contributed by atoms with Crippen LogP contribution in [0.3, 0.4) is 0 Å². The van der Waals surface area contributed by atoms with E-state index in [9.17, 15) is 13.2 Å². The number of rotatable bonds is 4. The number of fused-ring (bicyclic) bond motifs is 1. The van der Waals surface area contributed by atoms with E-state index >= 15 is 0 Å². The van der Waals surface area contributed by atoms with E-state index in [4.69, 9.17) is 0 Å². The average Bonchev–Trinajstić information content (AvgIpc) is 2.76. The molecule has 4 rings (SSSR count). The van der Waals surface area contributed by atoms with Crippen LogP contribution in [0.4, 0.5) is 5.69 Å². The summed E-state index contributed by atoms with van der Waals surface area (Å²) in [6.07, 6.45) is 0.332. The molecule has 0 spiro atoms. The zero-order valence-electron chi connectivity index (χ0n) is 17.0. The highest BCUT2D eigenvalue weighted by Gasteiger charge is 2.39. The lowest BCUT2D eigenvalue weighted by atomic mass is 9.95. The lowest BCUT2D eigenvalue weighted by Gasteiger charge is -2.35. The maximum atomic E-state index is 13.4. The summed E-state index contributed by atoms with van der Waals surface area (Å²) < 4.78 is 28.2. The predicted molar refractivity (Wildman–Crippen MR) is 118 cm³/mol. The monoisotopic (exact) mass is 420 g/mol. The molecule has 1 unspecified atom stereocenters. The molecule has 0 bridgehead atoms. The summed E-state index contributed by atoms with van der Waals surface area (Å²) in [5, 5.41) is 2.96. The first-order valence-corrected chi connectivity index (χ1v) is 11.3. The summed E-state index contributed by atoms with van der Waals surface area (Å²) in [5.74, 6) is -0.322. The summed E-state index contributed by atoms with van der Waals surface area (Å²) in [5.41, 5.74) is 4.66. The molecular formula is C24H24N2O3S. The Kier molecular flexibility index (Phi) is 5.45. The molecule has 3 aromatic carbocycles. The first kappa shape index (κ1) is 20.3. The molecule has 1 heterocycles. The van der Waals surface area contributed by atoms with E-state index in [0.29, 0.717) is 12.1 Å². The molecule has 6 heteroatoms. The number of amides is 1. The average molecular weight is 421 g/mol. The smallest absolute Gasteiger partial charge is 0.244 e. The van der Waals surface area contributed by atoms with Crippen molar-refractivity contribution in [1.29, 1.82) is 0 Å². The minimum Gasteiger partial charge on any atom is -0.324 e. The van der Waals surface area contributed by atoms with Gasteiger partial charge in [0.15, 0.2) is 0 Å². The zero-order valence-corrected chi connectivity index (χ0v) is 17.8. The van der Waals surface area contributed by atoms with Crippen LogP contribution in [0.25, 0.3) is 0 Å². The molecule has 1 aliphatic heterocycles. The van der Waals surface area contributed by atoms with E-state index in [1.54, 1.807) is 30.3 Å². The largest absolute Gasteiger partial charge is 0.324 e. The van der Waals surface area contributed by atoms with Crippen molar-refractivity contribution in [1.82, 2.24) is 4.31 Å². The topological polar surface area (TPSA) is 66.5 Å². The maximum Gasteiger partial charge on any atom is 0.244 e. The molecule has 0 fully saturated rings. The van der Waals surface area contributed by atoms with Crippen LogP contribution >= 0.6 is 0 Å². The minimum atomic E-state index is -3.84. The number of benzene rings is 3. The van der Waals surface area contributed by atoms with Gasteiger partial charge in [-0.05, 0) is 60.7 Å². The van der Waals surface area contributed by atoms with Crippen LogP contribution in [-0.2, 0) is 27.8 Å². The Morgan fingerprint density at radius 2 is 1.57 bits per heavy atom. The second-order valence-corrected chi connectivity index (χ2v) is 9.48. The molecule has 3 aromatic rings. The molecule has 5 nitrogen and oxygen atoms in total. The second-order valence-electron chi connectivity index (χ2n) is 7.59. The highest BCUT2D eigenvalue weighted by atomic mass is 32.2. The third kappa shape index (κ3) is 3.76. The maximum absolute atomic E-state index is 13.4. The van der Waals surface area contributed by atoms with Crippen molar-refractivity contribution in [2.75, 3.05) is 5.32 Å². The Bertz CT molecular complexity index is 1190. The Morgan fingerprint density at radius 1 is 0.900 bits per heavy atom. The molecule has 0 radical (unpaired) electrons. The summed E-state index contributed by atoms with van der Waals surface area (Å²) in [6, 6.07) is 20.8. The van der Waals surface area contributed by atoms with Gasteiger partial charge in [-0.25, -0.2) is 8.42 Å². The van der Waals surface area contributed by atoms with E-state index in [1.807, 2.05) is 56.3 Å². The Hall–Kier alpha value is -2.96. The zero-order chi connectivity index (χ0) is 21.3. The normalized spacial score (nSPS) is 16.7. The van der Waals surface area contributed by atoms with E-state index in [1.165, 1.54) is 4.31 Å². The van der Waals surface area contributed by atoms with Crippen molar-refractivity contribution < 1.29 is 13.2 Å². The van der Waals surface area contributed by atoms with Gasteiger partial charge in [0.25, 0.3) is 0 Å². The number of nitrogens with one attached hydrogen (secondary N) is 1. The van der Waals surface area contributed by atoms with Gasteiger partial charge < -0.3 is 5.32 Å². The number of carbonyl (C=O) groups is 1. The number of hydrogen-bond acceptors (Lipinski definition) is 3. The van der Waals surface area contributed by atoms with Crippen molar-refractivity contribution in [2.24, 2.45) is 0 Å². The fourth-order valence-electron chi connectivity index (χ4n) is 3.81. The first-order chi connectivity index (χ1) is 14.4. The lowest BCUT2D eigenvalue weighted by Crippen LogP contribution is -2.50. The standard InChI is InChI=1S/C24H24N2O3S/c1-17-9-8-14-22(18(17)2)25-24(27)23-15-19-10-6-7-11-20(19)16-26(23)30(28,29)21-12-4-3-5-13-21/h3-14,23H,15-16H2,1-2H3,(H,25,27). The van der Waals surface area contributed by atoms with Crippen LogP contribution in [0.2, 0.25) is 0 Å². The molecule has 30 heavy (non-hydrogen) atoms. The van der Waals surface area contributed by atoms with Crippen molar-refractivity contribution in [3.8, 4) is 0 Å². The highest BCUT2D eigenvalue weighted by molar-refractivity contribution is 7.89. The van der Waals surface area contributed by atoms with E-state index < -0.39 is 16.1 Å². The molecule has 1 amide bonds. The van der Waals surface area contributed by atoms with Crippen LogP contribution in [0.15, 0.2) is 77.7 Å². The molecular weight excluding hydrogens is 396 g/mol. The molecule has 0 saturated heterocycles. The van der Waals surface area contributed by atoms with Gasteiger partial charge in [0, 0.05) is 12.2 Å². The van der Waals surface area contributed by atoms with E-state index in [0.717, 1.165) is 22.3 Å². The summed E-state index contributed by atoms with van der Waals surface area (Å²) >= 11 is 0. The molecule has 154 valence electrons. The van der Waals surface area contributed by atoms with Crippen molar-refractivity contribution in [2.45, 2.75) is 37.8 Å². The van der Waals surface area contributed by atoms with Crippen LogP contribution in [0.5, 0.6) is 0 Å². The molecule has 1 N–H and O–H groups in total. The van der Waals surface area contributed by atoms with Crippen LogP contribution in [0.1, 0.15) is 22.3 Å². The lowest BCUT2D eigenvalue weighted by molar-refractivity contribution is -0.120. The minimum absolute atomic E-state index is 0.165. The SMILES string of the molecule is Cc1cccc(NC(=O)C2Cc3ccccc3CN2S(=O)(=O)c2ccccc2)c1C. The molecule has 0 aliphatic carbocycles. The summed E-state index contributed by atoms with van der Waals surface area (Å²) in [6.45, 7) is 4.09. The van der Waals surface area contributed by atoms with Gasteiger partial charge in [0.2, 0.25) is 15.9 Å². The number of hydrogen-bond donors (Lipinski definition) is 1. The fraction of sp³-hybridized carbons (Fsp3) is 0.208. The number of nitrogens with zero attached hydrogens (tertiary/aromatic N) is 1. The van der Waals surface area contributed by atoms with Crippen molar-refractivity contribution >= 4 is 21.6 Å². The molecule has 0 saturated carbocycles. The van der Waals surface area contributed by atoms with Crippen molar-refractivity contribution in [3.05, 3.63) is 95.1 Å². The number of sulfonamides is 1. The predicted octanol–water partition coefficient (Wildman–Crippen LogP) is 4.06. The first-order valence-electron chi connectivity index (χ1n) is 9.88. The molecule has 1 atom stereocenters. The third-order valence-corrected chi connectivity index (χ3v) is 7.59. The van der Waals surface area contributed by atoms with Gasteiger partial charge in [-0.1, -0.05) is 54.6 Å². The van der Waals surface area contributed by atoms with Gasteiger partial charge in [-0.3, -0.25) is 4.79 Å². The van der Waals surface area contributed by atoms with Crippen LogP contribution in [-0.4, -0.2) is 24.7 Å². The molecule has 0 aromatic heterocycles. The van der Waals surface area contributed by atoms with Crippen molar-refractivity contribution in [3.63, 3.8) is 0 Å². The Morgan fingerprint density at radius 3 is 2.30 bits per heavy atom. The van der Waals surface area contributed by atoms with Gasteiger partial charge in [0.05, 0.1) is 4.90 Å². The van der Waals surface area contributed by atoms with Crippen LogP contribution in [0, 0.1) is 13.8 Å².